The van der Waals surface area contributed by atoms with E-state index in [4.69, 9.17) is 5.73 Å². The molecule has 0 aliphatic rings. The molecule has 0 unspecified atom stereocenters. The summed E-state index contributed by atoms with van der Waals surface area (Å²) in [4.78, 5) is 16.3. The Morgan fingerprint density at radius 2 is 1.96 bits per heavy atom. The van der Waals surface area contributed by atoms with Crippen LogP contribution < -0.4 is 16.5 Å². The minimum Gasteiger partial charge on any atom is -0.399 e. The fourth-order valence-corrected chi connectivity index (χ4v) is 2.94. The van der Waals surface area contributed by atoms with Gasteiger partial charge in [-0.25, -0.2) is 10.4 Å². The van der Waals surface area contributed by atoms with E-state index in [2.05, 4.69) is 20.8 Å². The Kier molecular flexibility index (Phi) is 4.72. The first-order valence-electron chi connectivity index (χ1n) is 7.40. The van der Waals surface area contributed by atoms with E-state index in [1.54, 1.807) is 12.1 Å². The third kappa shape index (κ3) is 3.88. The van der Waals surface area contributed by atoms with E-state index in [0.29, 0.717) is 16.5 Å². The molecule has 24 heavy (non-hydrogen) atoms. The Bertz CT molecular complexity index is 852. The van der Waals surface area contributed by atoms with Gasteiger partial charge in [-0.3, -0.25) is 4.79 Å². The molecule has 6 nitrogen and oxygen atoms in total. The van der Waals surface area contributed by atoms with E-state index in [-0.39, 0.29) is 12.5 Å². The number of carbonyl (C=O) groups is 1. The molecule has 1 heterocycles. The topological polar surface area (TPSA) is 92.4 Å². The SMILES string of the molecule is C/C(=N/NC(=O)CNc1nc2ccccc2s1)c1ccc(N)cc1. The highest BCUT2D eigenvalue weighted by Gasteiger charge is 2.05. The zero-order valence-electron chi connectivity index (χ0n) is 13.1. The van der Waals surface area contributed by atoms with Gasteiger partial charge >= 0.3 is 0 Å². The van der Waals surface area contributed by atoms with Crippen molar-refractivity contribution in [3.63, 3.8) is 0 Å². The number of fused-ring (bicyclic) bond motifs is 1. The van der Waals surface area contributed by atoms with Crippen molar-refractivity contribution in [1.82, 2.24) is 10.4 Å². The molecule has 4 N–H and O–H groups in total. The van der Waals surface area contributed by atoms with Gasteiger partial charge in [0, 0.05) is 5.69 Å². The molecule has 3 aromatic rings. The minimum absolute atomic E-state index is 0.109. The van der Waals surface area contributed by atoms with Crippen molar-refractivity contribution in [3.05, 3.63) is 54.1 Å². The summed E-state index contributed by atoms with van der Waals surface area (Å²) < 4.78 is 1.08. The number of rotatable bonds is 5. The van der Waals surface area contributed by atoms with Gasteiger partial charge in [-0.15, -0.1) is 0 Å². The van der Waals surface area contributed by atoms with Crippen LogP contribution in [0, 0.1) is 0 Å². The van der Waals surface area contributed by atoms with Crippen LogP contribution in [0.5, 0.6) is 0 Å². The number of aromatic nitrogens is 1. The second kappa shape index (κ2) is 7.10. The molecule has 0 radical (unpaired) electrons. The highest BCUT2D eigenvalue weighted by Crippen LogP contribution is 2.24. The van der Waals surface area contributed by atoms with Crippen molar-refractivity contribution in [3.8, 4) is 0 Å². The van der Waals surface area contributed by atoms with Crippen molar-refractivity contribution in [2.45, 2.75) is 6.92 Å². The Hall–Kier alpha value is -2.93. The molecule has 3 rings (SSSR count). The Morgan fingerprint density at radius 3 is 2.71 bits per heavy atom. The molecular formula is C17H17N5OS. The van der Waals surface area contributed by atoms with Crippen LogP contribution in [0.15, 0.2) is 53.6 Å². The maximum absolute atomic E-state index is 11.9. The number of hydrogen-bond acceptors (Lipinski definition) is 6. The smallest absolute Gasteiger partial charge is 0.259 e. The number of nitrogens with zero attached hydrogens (tertiary/aromatic N) is 2. The number of hydrogen-bond donors (Lipinski definition) is 3. The number of amides is 1. The van der Waals surface area contributed by atoms with Crippen molar-refractivity contribution in [2.24, 2.45) is 5.10 Å². The summed E-state index contributed by atoms with van der Waals surface area (Å²) in [7, 11) is 0. The van der Waals surface area contributed by atoms with Crippen LogP contribution in [-0.4, -0.2) is 23.1 Å². The molecule has 1 aromatic heterocycles. The number of hydrazone groups is 1. The van der Waals surface area contributed by atoms with Gasteiger partial charge in [0.05, 0.1) is 22.5 Å². The number of carbonyl (C=O) groups excluding carboxylic acids is 1. The first-order valence-corrected chi connectivity index (χ1v) is 8.22. The van der Waals surface area contributed by atoms with E-state index in [0.717, 1.165) is 15.8 Å². The van der Waals surface area contributed by atoms with Crippen LogP contribution in [0.3, 0.4) is 0 Å². The van der Waals surface area contributed by atoms with Gasteiger partial charge in [0.2, 0.25) is 0 Å². The number of thiazole rings is 1. The van der Waals surface area contributed by atoms with E-state index in [1.165, 1.54) is 11.3 Å². The molecule has 0 saturated carbocycles. The number of anilines is 2. The van der Waals surface area contributed by atoms with Crippen LogP contribution >= 0.6 is 11.3 Å². The lowest BCUT2D eigenvalue weighted by atomic mass is 10.1. The van der Waals surface area contributed by atoms with E-state index >= 15 is 0 Å². The Balaban J connectivity index is 1.55. The first-order chi connectivity index (χ1) is 11.6. The lowest BCUT2D eigenvalue weighted by molar-refractivity contribution is -0.119. The molecule has 0 fully saturated rings. The fraction of sp³-hybridized carbons (Fsp3) is 0.118. The predicted octanol–water partition coefficient (Wildman–Crippen LogP) is 2.83. The Labute approximate surface area is 143 Å². The predicted molar refractivity (Wildman–Crippen MR) is 99.3 cm³/mol. The van der Waals surface area contributed by atoms with E-state index in [1.807, 2.05) is 43.3 Å². The summed E-state index contributed by atoms with van der Waals surface area (Å²) in [6.45, 7) is 1.94. The van der Waals surface area contributed by atoms with Crippen molar-refractivity contribution in [1.29, 1.82) is 0 Å². The first kappa shape index (κ1) is 15.9. The quantitative estimate of drug-likeness (QED) is 0.379. The van der Waals surface area contributed by atoms with Gasteiger partial charge in [0.15, 0.2) is 5.13 Å². The van der Waals surface area contributed by atoms with E-state index < -0.39 is 0 Å². The van der Waals surface area contributed by atoms with Crippen molar-refractivity contribution < 1.29 is 4.79 Å². The number of nitrogens with one attached hydrogen (secondary N) is 2. The molecule has 122 valence electrons. The molecule has 0 spiro atoms. The molecule has 0 saturated heterocycles. The third-order valence-corrected chi connectivity index (χ3v) is 4.36. The average molecular weight is 339 g/mol. The number of nitrogens with two attached hydrogens (primary N) is 1. The standard InChI is InChI=1S/C17H17N5OS/c1-11(12-6-8-13(18)9-7-12)21-22-16(23)10-19-17-20-14-4-2-3-5-15(14)24-17/h2-9H,10,18H2,1H3,(H,19,20)(H,22,23)/b21-11-. The zero-order chi connectivity index (χ0) is 16.9. The summed E-state index contributed by atoms with van der Waals surface area (Å²) in [6.07, 6.45) is 0. The largest absolute Gasteiger partial charge is 0.399 e. The van der Waals surface area contributed by atoms with Gasteiger partial charge in [-0.1, -0.05) is 35.6 Å². The maximum Gasteiger partial charge on any atom is 0.259 e. The summed E-state index contributed by atoms with van der Waals surface area (Å²) in [5, 5.41) is 7.83. The van der Waals surface area contributed by atoms with Gasteiger partial charge in [-0.2, -0.15) is 5.10 Å². The van der Waals surface area contributed by atoms with Crippen LogP contribution in [0.25, 0.3) is 10.2 Å². The highest BCUT2D eigenvalue weighted by atomic mass is 32.1. The molecule has 0 aliphatic carbocycles. The molecule has 0 bridgehead atoms. The zero-order valence-corrected chi connectivity index (χ0v) is 13.9. The molecule has 1 amide bonds. The second-order valence-electron chi connectivity index (χ2n) is 5.19. The monoisotopic (exact) mass is 339 g/mol. The van der Waals surface area contributed by atoms with E-state index in [9.17, 15) is 4.79 Å². The lowest BCUT2D eigenvalue weighted by Crippen LogP contribution is -2.26. The van der Waals surface area contributed by atoms with Crippen LogP contribution in [0.1, 0.15) is 12.5 Å². The van der Waals surface area contributed by atoms with Crippen LogP contribution in [0.2, 0.25) is 0 Å². The van der Waals surface area contributed by atoms with Gasteiger partial charge in [-0.05, 0) is 36.8 Å². The van der Waals surface area contributed by atoms with Gasteiger partial charge in [0.25, 0.3) is 5.91 Å². The number of benzene rings is 2. The summed E-state index contributed by atoms with van der Waals surface area (Å²) >= 11 is 1.51. The fourth-order valence-electron chi connectivity index (χ4n) is 2.08. The summed E-state index contributed by atoms with van der Waals surface area (Å²) in [5.74, 6) is -0.232. The Morgan fingerprint density at radius 1 is 1.21 bits per heavy atom. The average Bonchev–Trinajstić information content (AvgIpc) is 3.01. The second-order valence-corrected chi connectivity index (χ2v) is 6.23. The minimum atomic E-state index is -0.232. The molecule has 2 aromatic carbocycles. The summed E-state index contributed by atoms with van der Waals surface area (Å²) in [6, 6.07) is 15.2. The molecule has 0 atom stereocenters. The number of para-hydroxylation sites is 1. The van der Waals surface area contributed by atoms with Gasteiger partial charge < -0.3 is 11.1 Å². The molecular weight excluding hydrogens is 322 g/mol. The maximum atomic E-state index is 11.9. The summed E-state index contributed by atoms with van der Waals surface area (Å²) in [5.41, 5.74) is 11.4. The van der Waals surface area contributed by atoms with Crippen LogP contribution in [-0.2, 0) is 4.79 Å². The van der Waals surface area contributed by atoms with Gasteiger partial charge in [0.1, 0.15) is 0 Å². The number of nitrogen functional groups attached to an aromatic ring is 1. The third-order valence-electron chi connectivity index (χ3n) is 3.37. The highest BCUT2D eigenvalue weighted by molar-refractivity contribution is 7.22. The molecule has 7 heteroatoms. The van der Waals surface area contributed by atoms with Crippen molar-refractivity contribution in [2.75, 3.05) is 17.6 Å². The molecule has 0 aliphatic heterocycles. The lowest BCUT2D eigenvalue weighted by Gasteiger charge is -2.04. The van der Waals surface area contributed by atoms with Crippen molar-refractivity contribution >= 4 is 44.0 Å². The normalized spacial score (nSPS) is 11.5. The van der Waals surface area contributed by atoms with Crippen LogP contribution in [0.4, 0.5) is 10.8 Å².